The molecule has 0 bridgehead atoms. The van der Waals surface area contributed by atoms with Crippen molar-refractivity contribution in [3.8, 4) is 0 Å². The van der Waals surface area contributed by atoms with E-state index in [2.05, 4.69) is 47.6 Å². The Bertz CT molecular complexity index is 321. The smallest absolute Gasteiger partial charge is 0.122 e. The van der Waals surface area contributed by atoms with Gasteiger partial charge in [0, 0.05) is 25.5 Å². The van der Waals surface area contributed by atoms with Gasteiger partial charge >= 0.3 is 0 Å². The molecule has 0 saturated heterocycles. The minimum Gasteiger partial charge on any atom is -0.337 e. The summed E-state index contributed by atoms with van der Waals surface area (Å²) in [5.74, 6) is 1.76. The topological polar surface area (TPSA) is 33.1 Å². The van der Waals surface area contributed by atoms with Gasteiger partial charge in [0.25, 0.3) is 0 Å². The molecule has 17 heavy (non-hydrogen) atoms. The van der Waals surface area contributed by atoms with Gasteiger partial charge in [-0.1, -0.05) is 13.8 Å². The van der Waals surface area contributed by atoms with Gasteiger partial charge < -0.3 is 9.88 Å². The van der Waals surface area contributed by atoms with Crippen molar-refractivity contribution in [2.75, 3.05) is 20.1 Å². The normalized spacial score (nSPS) is 15.2. The Balaban J connectivity index is 2.46. The maximum Gasteiger partial charge on any atom is 0.122 e. The van der Waals surface area contributed by atoms with E-state index in [0.29, 0.717) is 12.0 Å². The number of aromatic nitrogens is 2. The maximum absolute atomic E-state index is 4.37. The summed E-state index contributed by atoms with van der Waals surface area (Å²) >= 11 is 0. The third-order valence-corrected chi connectivity index (χ3v) is 3.55. The first-order chi connectivity index (χ1) is 8.06. The van der Waals surface area contributed by atoms with Crippen molar-refractivity contribution in [1.29, 1.82) is 0 Å². The molecule has 1 rings (SSSR count). The standard InChI is InChI=1S/C13H26N4/c1-6-14-9-11(2)12(3)17(5)10-13-15-7-8-16(13)4/h7-8,11-12,14H,6,9-10H2,1-5H3. The van der Waals surface area contributed by atoms with Gasteiger partial charge in [0.15, 0.2) is 0 Å². The molecule has 0 saturated carbocycles. The SMILES string of the molecule is CCNCC(C)C(C)N(C)Cc1nccn1C. The van der Waals surface area contributed by atoms with Crippen molar-refractivity contribution in [1.82, 2.24) is 19.8 Å². The fourth-order valence-corrected chi connectivity index (χ4v) is 1.89. The Morgan fingerprint density at radius 3 is 2.71 bits per heavy atom. The van der Waals surface area contributed by atoms with Gasteiger partial charge in [-0.2, -0.15) is 0 Å². The molecular weight excluding hydrogens is 212 g/mol. The summed E-state index contributed by atoms with van der Waals surface area (Å²) in [5.41, 5.74) is 0. The molecular formula is C13H26N4. The van der Waals surface area contributed by atoms with Crippen LogP contribution in [-0.4, -0.2) is 40.6 Å². The Labute approximate surface area is 105 Å². The fraction of sp³-hybridized carbons (Fsp3) is 0.769. The molecule has 2 atom stereocenters. The van der Waals surface area contributed by atoms with E-state index < -0.39 is 0 Å². The fourth-order valence-electron chi connectivity index (χ4n) is 1.89. The lowest BCUT2D eigenvalue weighted by Crippen LogP contribution is -2.39. The number of nitrogens with one attached hydrogen (secondary N) is 1. The first-order valence-corrected chi connectivity index (χ1v) is 6.43. The van der Waals surface area contributed by atoms with Crippen LogP contribution in [0.5, 0.6) is 0 Å². The molecule has 1 aromatic rings. The minimum absolute atomic E-state index is 0.547. The zero-order valence-electron chi connectivity index (χ0n) is 11.8. The van der Waals surface area contributed by atoms with Gasteiger partial charge in [-0.3, -0.25) is 4.90 Å². The van der Waals surface area contributed by atoms with E-state index >= 15 is 0 Å². The van der Waals surface area contributed by atoms with Crippen molar-refractivity contribution in [2.24, 2.45) is 13.0 Å². The largest absolute Gasteiger partial charge is 0.337 e. The molecule has 4 heteroatoms. The zero-order valence-corrected chi connectivity index (χ0v) is 11.8. The highest BCUT2D eigenvalue weighted by Crippen LogP contribution is 2.11. The van der Waals surface area contributed by atoms with Crippen LogP contribution in [0.2, 0.25) is 0 Å². The quantitative estimate of drug-likeness (QED) is 0.781. The predicted octanol–water partition coefficient (Wildman–Crippen LogP) is 1.49. The van der Waals surface area contributed by atoms with Gasteiger partial charge in [-0.15, -0.1) is 0 Å². The molecule has 0 aliphatic heterocycles. The molecule has 0 spiro atoms. The highest BCUT2D eigenvalue weighted by atomic mass is 15.2. The van der Waals surface area contributed by atoms with Crippen LogP contribution < -0.4 is 5.32 Å². The Morgan fingerprint density at radius 1 is 1.47 bits per heavy atom. The Kier molecular flexibility index (Phi) is 5.65. The molecule has 0 radical (unpaired) electrons. The summed E-state index contributed by atoms with van der Waals surface area (Å²) in [7, 11) is 4.21. The summed E-state index contributed by atoms with van der Waals surface area (Å²) in [6, 6.07) is 0.547. The van der Waals surface area contributed by atoms with E-state index in [1.54, 1.807) is 0 Å². The molecule has 1 N–H and O–H groups in total. The van der Waals surface area contributed by atoms with Gasteiger partial charge in [0.05, 0.1) is 6.54 Å². The molecule has 0 aromatic carbocycles. The van der Waals surface area contributed by atoms with Crippen LogP contribution >= 0.6 is 0 Å². The third-order valence-electron chi connectivity index (χ3n) is 3.55. The zero-order chi connectivity index (χ0) is 12.8. The Morgan fingerprint density at radius 2 is 2.18 bits per heavy atom. The number of rotatable bonds is 7. The molecule has 4 nitrogen and oxygen atoms in total. The van der Waals surface area contributed by atoms with Crippen LogP contribution in [0, 0.1) is 5.92 Å². The number of hydrogen-bond donors (Lipinski definition) is 1. The lowest BCUT2D eigenvalue weighted by Gasteiger charge is -2.29. The number of nitrogens with zero attached hydrogens (tertiary/aromatic N) is 3. The summed E-state index contributed by atoms with van der Waals surface area (Å²) in [6.07, 6.45) is 3.85. The van der Waals surface area contributed by atoms with Crippen LogP contribution in [0.3, 0.4) is 0 Å². The first-order valence-electron chi connectivity index (χ1n) is 6.43. The van der Waals surface area contributed by atoms with E-state index in [4.69, 9.17) is 0 Å². The third kappa shape index (κ3) is 4.13. The van der Waals surface area contributed by atoms with Gasteiger partial charge in [0.2, 0.25) is 0 Å². The van der Waals surface area contributed by atoms with E-state index in [0.717, 1.165) is 25.5 Å². The minimum atomic E-state index is 0.547. The van der Waals surface area contributed by atoms with Crippen molar-refractivity contribution in [3.63, 3.8) is 0 Å². The van der Waals surface area contributed by atoms with Crippen molar-refractivity contribution >= 4 is 0 Å². The van der Waals surface area contributed by atoms with E-state index in [-0.39, 0.29) is 0 Å². The second kappa shape index (κ2) is 6.77. The van der Waals surface area contributed by atoms with Crippen LogP contribution in [0.4, 0.5) is 0 Å². The number of imidazole rings is 1. The molecule has 2 unspecified atom stereocenters. The van der Waals surface area contributed by atoms with Crippen LogP contribution in [0.1, 0.15) is 26.6 Å². The number of hydrogen-bond acceptors (Lipinski definition) is 3. The van der Waals surface area contributed by atoms with Crippen LogP contribution in [0.25, 0.3) is 0 Å². The van der Waals surface area contributed by atoms with Crippen molar-refractivity contribution in [2.45, 2.75) is 33.4 Å². The molecule has 1 heterocycles. The second-order valence-corrected chi connectivity index (χ2v) is 4.90. The van der Waals surface area contributed by atoms with E-state index in [9.17, 15) is 0 Å². The van der Waals surface area contributed by atoms with Gasteiger partial charge in [0.1, 0.15) is 5.82 Å². The molecule has 1 aromatic heterocycles. The average molecular weight is 238 g/mol. The second-order valence-electron chi connectivity index (χ2n) is 4.90. The van der Waals surface area contributed by atoms with Crippen LogP contribution in [0.15, 0.2) is 12.4 Å². The predicted molar refractivity (Wildman–Crippen MR) is 71.8 cm³/mol. The first kappa shape index (κ1) is 14.2. The lowest BCUT2D eigenvalue weighted by molar-refractivity contribution is 0.184. The highest BCUT2D eigenvalue weighted by Gasteiger charge is 2.17. The maximum atomic E-state index is 4.37. The van der Waals surface area contributed by atoms with Crippen molar-refractivity contribution < 1.29 is 0 Å². The summed E-state index contributed by atoms with van der Waals surface area (Å²) in [5, 5.41) is 3.41. The van der Waals surface area contributed by atoms with Crippen molar-refractivity contribution in [3.05, 3.63) is 18.2 Å². The van der Waals surface area contributed by atoms with Crippen LogP contribution in [-0.2, 0) is 13.6 Å². The highest BCUT2D eigenvalue weighted by molar-refractivity contribution is 4.91. The average Bonchev–Trinajstić information content (AvgIpc) is 2.70. The lowest BCUT2D eigenvalue weighted by atomic mass is 10.0. The summed E-state index contributed by atoms with van der Waals surface area (Å²) < 4.78 is 2.08. The monoisotopic (exact) mass is 238 g/mol. The molecule has 0 amide bonds. The van der Waals surface area contributed by atoms with Gasteiger partial charge in [-0.25, -0.2) is 4.98 Å². The van der Waals surface area contributed by atoms with Gasteiger partial charge in [-0.05, 0) is 33.0 Å². The summed E-state index contributed by atoms with van der Waals surface area (Å²) in [6.45, 7) is 9.74. The van der Waals surface area contributed by atoms with E-state index in [1.807, 2.05) is 19.4 Å². The van der Waals surface area contributed by atoms with E-state index in [1.165, 1.54) is 0 Å². The molecule has 98 valence electrons. The molecule has 0 aliphatic rings. The molecule has 0 aliphatic carbocycles. The summed E-state index contributed by atoms with van der Waals surface area (Å²) in [4.78, 5) is 6.73. The Hall–Kier alpha value is -0.870. The number of aryl methyl sites for hydroxylation is 1. The molecule has 0 fully saturated rings.